The van der Waals surface area contributed by atoms with Gasteiger partial charge in [0.25, 0.3) is 0 Å². The van der Waals surface area contributed by atoms with Crippen molar-refractivity contribution in [2.75, 3.05) is 11.0 Å². The van der Waals surface area contributed by atoms with E-state index in [0.29, 0.717) is 11.3 Å². The van der Waals surface area contributed by atoms with Crippen molar-refractivity contribution < 1.29 is 8.42 Å². The first-order valence-corrected chi connectivity index (χ1v) is 11.1. The van der Waals surface area contributed by atoms with E-state index in [4.69, 9.17) is 4.98 Å². The van der Waals surface area contributed by atoms with Crippen LogP contribution in [-0.2, 0) is 10.0 Å². The third kappa shape index (κ3) is 3.09. The Labute approximate surface area is 172 Å². The van der Waals surface area contributed by atoms with E-state index in [1.165, 1.54) is 0 Å². The van der Waals surface area contributed by atoms with Gasteiger partial charge in [0.05, 0.1) is 29.9 Å². The summed E-state index contributed by atoms with van der Waals surface area (Å²) in [6.07, 6.45) is 4.66. The second-order valence-electron chi connectivity index (χ2n) is 7.18. The standard InChI is InChI=1S/C21H18N6O2S/c1-12-19(13-5-3-6-14(9-13)27-30(2,28)29)17-11-23-26-21(17)24-20(12)15-7-4-8-18-16(15)10-22-25-18/h3-11,27H,1-2H3,(H,22,25)(H,23,24,26). The molecule has 0 saturated carbocycles. The van der Waals surface area contributed by atoms with E-state index >= 15 is 0 Å². The van der Waals surface area contributed by atoms with Gasteiger partial charge in [-0.25, -0.2) is 13.4 Å². The fourth-order valence-corrected chi connectivity index (χ4v) is 4.38. The van der Waals surface area contributed by atoms with Crippen LogP contribution in [0.15, 0.2) is 54.9 Å². The van der Waals surface area contributed by atoms with E-state index in [0.717, 1.165) is 50.5 Å². The lowest BCUT2D eigenvalue weighted by atomic mass is 9.93. The predicted octanol–water partition coefficient (Wildman–Crippen LogP) is 3.85. The van der Waals surface area contributed by atoms with Crippen molar-refractivity contribution in [1.29, 1.82) is 0 Å². The molecular weight excluding hydrogens is 400 g/mol. The summed E-state index contributed by atoms with van der Waals surface area (Å²) in [6.45, 7) is 2.01. The van der Waals surface area contributed by atoms with Gasteiger partial charge in [0.15, 0.2) is 5.65 Å². The number of nitrogens with one attached hydrogen (secondary N) is 3. The Morgan fingerprint density at radius 3 is 2.57 bits per heavy atom. The first-order chi connectivity index (χ1) is 14.4. The smallest absolute Gasteiger partial charge is 0.229 e. The number of hydrogen-bond acceptors (Lipinski definition) is 5. The number of rotatable bonds is 4. The first kappa shape index (κ1) is 18.3. The summed E-state index contributed by atoms with van der Waals surface area (Å²) in [6, 6.07) is 13.3. The summed E-state index contributed by atoms with van der Waals surface area (Å²) < 4.78 is 25.9. The molecule has 0 amide bonds. The van der Waals surface area contributed by atoms with Crippen molar-refractivity contribution in [2.45, 2.75) is 6.92 Å². The topological polar surface area (TPSA) is 116 Å². The molecule has 5 rings (SSSR count). The normalized spacial score (nSPS) is 11.9. The molecule has 0 aliphatic carbocycles. The van der Waals surface area contributed by atoms with Crippen LogP contribution in [0.1, 0.15) is 5.56 Å². The Morgan fingerprint density at radius 1 is 0.967 bits per heavy atom. The average Bonchev–Trinajstić information content (AvgIpc) is 3.35. The van der Waals surface area contributed by atoms with Crippen LogP contribution in [-0.4, -0.2) is 40.1 Å². The number of aromatic amines is 2. The Bertz CT molecular complexity index is 1520. The van der Waals surface area contributed by atoms with Gasteiger partial charge in [0.2, 0.25) is 10.0 Å². The lowest BCUT2D eigenvalue weighted by Gasteiger charge is -2.14. The number of sulfonamides is 1. The Balaban J connectivity index is 1.78. The number of hydrogen-bond donors (Lipinski definition) is 3. The second kappa shape index (κ2) is 6.67. The molecule has 0 unspecified atom stereocenters. The summed E-state index contributed by atoms with van der Waals surface area (Å²) >= 11 is 0. The predicted molar refractivity (Wildman–Crippen MR) is 118 cm³/mol. The molecular formula is C21H18N6O2S. The van der Waals surface area contributed by atoms with Crippen molar-refractivity contribution >= 4 is 37.6 Å². The molecule has 3 heterocycles. The van der Waals surface area contributed by atoms with E-state index in [-0.39, 0.29) is 0 Å². The third-order valence-electron chi connectivity index (χ3n) is 5.04. The van der Waals surface area contributed by atoms with Gasteiger partial charge in [-0.15, -0.1) is 0 Å². The van der Waals surface area contributed by atoms with Crippen molar-refractivity contribution in [3.8, 4) is 22.4 Å². The highest BCUT2D eigenvalue weighted by Gasteiger charge is 2.18. The maximum absolute atomic E-state index is 11.7. The molecule has 3 N–H and O–H groups in total. The van der Waals surface area contributed by atoms with Crippen LogP contribution in [0.25, 0.3) is 44.3 Å². The van der Waals surface area contributed by atoms with Gasteiger partial charge in [0, 0.05) is 22.0 Å². The van der Waals surface area contributed by atoms with Gasteiger partial charge in [-0.3, -0.25) is 14.9 Å². The summed E-state index contributed by atoms with van der Waals surface area (Å²) in [5.74, 6) is 0. The monoisotopic (exact) mass is 418 g/mol. The SMILES string of the molecule is Cc1c(-c2cccc3[nH]ncc23)nc2[nH]ncc2c1-c1cccc(NS(C)(=O)=O)c1. The molecule has 9 heteroatoms. The Kier molecular flexibility index (Phi) is 4.07. The van der Waals surface area contributed by atoms with Crippen molar-refractivity contribution in [2.24, 2.45) is 0 Å². The van der Waals surface area contributed by atoms with Gasteiger partial charge >= 0.3 is 0 Å². The average molecular weight is 418 g/mol. The molecule has 2 aromatic carbocycles. The molecule has 150 valence electrons. The minimum absolute atomic E-state index is 0.501. The van der Waals surface area contributed by atoms with E-state index in [9.17, 15) is 8.42 Å². The van der Waals surface area contributed by atoms with E-state index in [1.807, 2.05) is 43.3 Å². The Morgan fingerprint density at radius 2 is 1.73 bits per heavy atom. The van der Waals surface area contributed by atoms with Crippen LogP contribution >= 0.6 is 0 Å². The zero-order valence-electron chi connectivity index (χ0n) is 16.3. The lowest BCUT2D eigenvalue weighted by Crippen LogP contribution is -2.09. The maximum atomic E-state index is 11.7. The highest BCUT2D eigenvalue weighted by Crippen LogP contribution is 2.38. The largest absolute Gasteiger partial charge is 0.284 e. The van der Waals surface area contributed by atoms with Crippen LogP contribution < -0.4 is 4.72 Å². The van der Waals surface area contributed by atoms with Crippen molar-refractivity contribution in [3.63, 3.8) is 0 Å². The Hall–Kier alpha value is -3.72. The first-order valence-electron chi connectivity index (χ1n) is 9.25. The van der Waals surface area contributed by atoms with E-state index in [2.05, 4.69) is 25.1 Å². The molecule has 0 aliphatic rings. The van der Waals surface area contributed by atoms with Gasteiger partial charge in [-0.2, -0.15) is 10.2 Å². The number of nitrogens with zero attached hydrogens (tertiary/aromatic N) is 3. The van der Waals surface area contributed by atoms with Crippen LogP contribution in [0.4, 0.5) is 5.69 Å². The van der Waals surface area contributed by atoms with Crippen LogP contribution in [0.5, 0.6) is 0 Å². The fraction of sp³-hybridized carbons (Fsp3) is 0.0952. The lowest BCUT2D eigenvalue weighted by molar-refractivity contribution is 0.607. The minimum Gasteiger partial charge on any atom is -0.284 e. The third-order valence-corrected chi connectivity index (χ3v) is 5.64. The zero-order chi connectivity index (χ0) is 20.9. The van der Waals surface area contributed by atoms with Gasteiger partial charge in [-0.05, 0) is 41.8 Å². The molecule has 0 spiro atoms. The number of fused-ring (bicyclic) bond motifs is 2. The maximum Gasteiger partial charge on any atom is 0.229 e. The van der Waals surface area contributed by atoms with Gasteiger partial charge < -0.3 is 0 Å². The summed E-state index contributed by atoms with van der Waals surface area (Å²) in [5.41, 5.74) is 6.65. The second-order valence-corrected chi connectivity index (χ2v) is 8.93. The van der Waals surface area contributed by atoms with Crippen LogP contribution in [0.2, 0.25) is 0 Å². The molecule has 30 heavy (non-hydrogen) atoms. The molecule has 0 aliphatic heterocycles. The number of aromatic nitrogens is 5. The quantitative estimate of drug-likeness (QED) is 0.410. The highest BCUT2D eigenvalue weighted by molar-refractivity contribution is 7.92. The number of pyridine rings is 1. The summed E-state index contributed by atoms with van der Waals surface area (Å²) in [5, 5.41) is 16.1. The minimum atomic E-state index is -3.38. The molecule has 3 aromatic heterocycles. The molecule has 0 fully saturated rings. The number of benzene rings is 2. The molecule has 0 atom stereocenters. The van der Waals surface area contributed by atoms with Crippen LogP contribution in [0.3, 0.4) is 0 Å². The molecule has 8 nitrogen and oxygen atoms in total. The zero-order valence-corrected chi connectivity index (χ0v) is 17.1. The molecule has 0 radical (unpaired) electrons. The van der Waals surface area contributed by atoms with Gasteiger partial charge in [0.1, 0.15) is 0 Å². The summed E-state index contributed by atoms with van der Waals surface area (Å²) in [4.78, 5) is 4.83. The fourth-order valence-electron chi connectivity index (χ4n) is 3.82. The van der Waals surface area contributed by atoms with Crippen LogP contribution in [0, 0.1) is 6.92 Å². The molecule has 0 bridgehead atoms. The number of anilines is 1. The van der Waals surface area contributed by atoms with Crippen molar-refractivity contribution in [3.05, 3.63) is 60.4 Å². The highest BCUT2D eigenvalue weighted by atomic mass is 32.2. The molecule has 0 saturated heterocycles. The number of H-pyrrole nitrogens is 2. The van der Waals surface area contributed by atoms with Gasteiger partial charge in [-0.1, -0.05) is 24.3 Å². The van der Waals surface area contributed by atoms with Crippen molar-refractivity contribution in [1.82, 2.24) is 25.4 Å². The molecule has 5 aromatic rings. The summed E-state index contributed by atoms with van der Waals surface area (Å²) in [7, 11) is -3.38. The van der Waals surface area contributed by atoms with E-state index in [1.54, 1.807) is 18.5 Å². The van der Waals surface area contributed by atoms with E-state index < -0.39 is 10.0 Å².